The number of fused-ring (bicyclic) bond motifs is 1. The second-order valence-electron chi connectivity index (χ2n) is 8.28. The third-order valence-corrected chi connectivity index (χ3v) is 5.89. The van der Waals surface area contributed by atoms with Crippen molar-refractivity contribution in [1.82, 2.24) is 20.1 Å². The molecule has 36 heavy (non-hydrogen) atoms. The first kappa shape index (κ1) is 23.1. The van der Waals surface area contributed by atoms with E-state index in [0.29, 0.717) is 18.1 Å². The van der Waals surface area contributed by atoms with Gasteiger partial charge in [-0.3, -0.25) is 4.79 Å². The van der Waals surface area contributed by atoms with Gasteiger partial charge >= 0.3 is 0 Å². The molecular weight excluding hydrogens is 452 g/mol. The van der Waals surface area contributed by atoms with Crippen LogP contribution in [0.5, 0.6) is 11.6 Å². The molecule has 5 aromatic rings. The van der Waals surface area contributed by atoms with Gasteiger partial charge in [0.15, 0.2) is 12.3 Å². The Kier molecular flexibility index (Phi) is 6.62. The van der Waals surface area contributed by atoms with Gasteiger partial charge in [0.2, 0.25) is 5.88 Å². The van der Waals surface area contributed by atoms with Gasteiger partial charge in [-0.1, -0.05) is 66.7 Å². The van der Waals surface area contributed by atoms with Crippen LogP contribution in [-0.2, 0) is 11.3 Å². The van der Waals surface area contributed by atoms with Crippen molar-refractivity contribution in [2.45, 2.75) is 13.5 Å². The molecule has 0 saturated heterocycles. The number of hydrogen-bond acceptors (Lipinski definition) is 5. The third-order valence-electron chi connectivity index (χ3n) is 5.89. The number of nitrogens with zero attached hydrogens (tertiary/aromatic N) is 3. The van der Waals surface area contributed by atoms with Crippen LogP contribution in [0, 0.1) is 6.92 Å². The number of para-hydroxylation sites is 2. The number of nitrogens with one attached hydrogen (secondary N) is 1. The number of ether oxygens (including phenoxy) is 2. The summed E-state index contributed by atoms with van der Waals surface area (Å²) in [6.07, 6.45) is 0. The first-order chi connectivity index (χ1) is 17.6. The summed E-state index contributed by atoms with van der Waals surface area (Å²) in [5.41, 5.74) is 5.29. The SMILES string of the molecule is COc1ccccc1CNC(=O)COc1cc(-c2ccccc2)c2c(C)nn(-c3ccccc3)c2n1. The average Bonchev–Trinajstić information content (AvgIpc) is 3.27. The van der Waals surface area contributed by atoms with Crippen LogP contribution >= 0.6 is 0 Å². The van der Waals surface area contributed by atoms with E-state index in [4.69, 9.17) is 19.6 Å². The van der Waals surface area contributed by atoms with Crippen molar-refractivity contribution in [1.29, 1.82) is 0 Å². The molecule has 0 atom stereocenters. The Morgan fingerprint density at radius 2 is 1.64 bits per heavy atom. The van der Waals surface area contributed by atoms with E-state index in [0.717, 1.165) is 39.2 Å². The normalized spacial score (nSPS) is 10.8. The third kappa shape index (κ3) is 4.77. The summed E-state index contributed by atoms with van der Waals surface area (Å²) in [6, 6.07) is 29.3. The Balaban J connectivity index is 1.44. The Hall–Kier alpha value is -4.65. The van der Waals surface area contributed by atoms with Crippen molar-refractivity contribution in [3.05, 3.63) is 102 Å². The summed E-state index contributed by atoms with van der Waals surface area (Å²) >= 11 is 0. The molecule has 0 aliphatic carbocycles. The Labute approximate surface area is 209 Å². The van der Waals surface area contributed by atoms with E-state index in [1.807, 2.05) is 103 Å². The smallest absolute Gasteiger partial charge is 0.258 e. The topological polar surface area (TPSA) is 78.3 Å². The van der Waals surface area contributed by atoms with Gasteiger partial charge < -0.3 is 14.8 Å². The van der Waals surface area contributed by atoms with Gasteiger partial charge in [-0.25, -0.2) is 4.68 Å². The maximum atomic E-state index is 12.6. The Morgan fingerprint density at radius 3 is 2.39 bits per heavy atom. The first-order valence-electron chi connectivity index (χ1n) is 11.7. The van der Waals surface area contributed by atoms with Crippen LogP contribution in [0.2, 0.25) is 0 Å². The summed E-state index contributed by atoms with van der Waals surface area (Å²) in [6.45, 7) is 2.15. The molecule has 2 aromatic heterocycles. The highest BCUT2D eigenvalue weighted by Gasteiger charge is 2.18. The number of pyridine rings is 1. The van der Waals surface area contributed by atoms with E-state index >= 15 is 0 Å². The van der Waals surface area contributed by atoms with Crippen LogP contribution in [0.25, 0.3) is 27.8 Å². The highest BCUT2D eigenvalue weighted by molar-refractivity contribution is 5.96. The Bertz CT molecular complexity index is 1500. The summed E-state index contributed by atoms with van der Waals surface area (Å²) in [7, 11) is 1.61. The molecule has 0 spiro atoms. The zero-order chi connectivity index (χ0) is 24.9. The molecule has 1 N–H and O–H groups in total. The fourth-order valence-electron chi connectivity index (χ4n) is 4.17. The van der Waals surface area contributed by atoms with Crippen LogP contribution in [0.3, 0.4) is 0 Å². The number of benzene rings is 3. The number of amides is 1. The largest absolute Gasteiger partial charge is 0.496 e. The highest BCUT2D eigenvalue weighted by Crippen LogP contribution is 2.34. The van der Waals surface area contributed by atoms with E-state index in [9.17, 15) is 4.79 Å². The molecule has 0 saturated carbocycles. The van der Waals surface area contributed by atoms with Crippen LogP contribution < -0.4 is 14.8 Å². The number of carbonyl (C=O) groups excluding carboxylic acids is 1. The molecule has 0 aliphatic heterocycles. The predicted octanol–water partition coefficient (Wildman–Crippen LogP) is 5.10. The lowest BCUT2D eigenvalue weighted by molar-refractivity contribution is -0.123. The minimum absolute atomic E-state index is 0.166. The van der Waals surface area contributed by atoms with Crippen molar-refractivity contribution < 1.29 is 14.3 Å². The number of hydrogen-bond donors (Lipinski definition) is 1. The first-order valence-corrected chi connectivity index (χ1v) is 11.7. The monoisotopic (exact) mass is 478 g/mol. The van der Waals surface area contributed by atoms with Crippen molar-refractivity contribution in [2.24, 2.45) is 0 Å². The number of rotatable bonds is 8. The predicted molar refractivity (Wildman–Crippen MR) is 139 cm³/mol. The zero-order valence-electron chi connectivity index (χ0n) is 20.1. The van der Waals surface area contributed by atoms with Gasteiger partial charge in [0.25, 0.3) is 5.91 Å². The fraction of sp³-hybridized carbons (Fsp3) is 0.138. The van der Waals surface area contributed by atoms with Gasteiger partial charge in [0.05, 0.1) is 23.9 Å². The van der Waals surface area contributed by atoms with E-state index in [1.165, 1.54) is 0 Å². The molecule has 180 valence electrons. The molecular formula is C29H26N4O3. The maximum absolute atomic E-state index is 12.6. The molecule has 5 rings (SSSR count). The van der Waals surface area contributed by atoms with Gasteiger partial charge in [0.1, 0.15) is 5.75 Å². The molecule has 0 fully saturated rings. The lowest BCUT2D eigenvalue weighted by Crippen LogP contribution is -2.28. The van der Waals surface area contributed by atoms with Gasteiger partial charge in [-0.15, -0.1) is 0 Å². The van der Waals surface area contributed by atoms with E-state index in [1.54, 1.807) is 7.11 Å². The zero-order valence-corrected chi connectivity index (χ0v) is 20.1. The van der Waals surface area contributed by atoms with Crippen molar-refractivity contribution in [3.63, 3.8) is 0 Å². The van der Waals surface area contributed by atoms with Crippen molar-refractivity contribution in [3.8, 4) is 28.4 Å². The van der Waals surface area contributed by atoms with Crippen LogP contribution in [0.4, 0.5) is 0 Å². The van der Waals surface area contributed by atoms with Crippen molar-refractivity contribution in [2.75, 3.05) is 13.7 Å². The molecule has 0 aliphatic rings. The standard InChI is InChI=1S/C29H26N4O3/c1-20-28-24(21-11-5-3-6-12-21)17-27(31-29(28)33(32-20)23-14-7-4-8-15-23)36-19-26(34)30-18-22-13-9-10-16-25(22)35-2/h3-17H,18-19H2,1-2H3,(H,30,34). The molecule has 0 radical (unpaired) electrons. The second-order valence-corrected chi connectivity index (χ2v) is 8.28. The quantitative estimate of drug-likeness (QED) is 0.336. The molecule has 1 amide bonds. The van der Waals surface area contributed by atoms with Crippen molar-refractivity contribution >= 4 is 16.9 Å². The lowest BCUT2D eigenvalue weighted by atomic mass is 10.0. The number of methoxy groups -OCH3 is 1. The summed E-state index contributed by atoms with van der Waals surface area (Å²) in [5, 5.41) is 8.59. The minimum Gasteiger partial charge on any atom is -0.496 e. The van der Waals surface area contributed by atoms with Gasteiger partial charge in [0, 0.05) is 18.2 Å². The van der Waals surface area contributed by atoms with Crippen LogP contribution in [-0.4, -0.2) is 34.4 Å². The van der Waals surface area contributed by atoms with Crippen LogP contribution in [0.15, 0.2) is 91.0 Å². The van der Waals surface area contributed by atoms with E-state index < -0.39 is 0 Å². The summed E-state index contributed by atoms with van der Waals surface area (Å²) < 4.78 is 13.1. The lowest BCUT2D eigenvalue weighted by Gasteiger charge is -2.12. The fourth-order valence-corrected chi connectivity index (χ4v) is 4.17. The van der Waals surface area contributed by atoms with Gasteiger partial charge in [-0.05, 0) is 36.2 Å². The average molecular weight is 479 g/mol. The molecule has 3 aromatic carbocycles. The molecule has 0 bridgehead atoms. The number of carbonyl (C=O) groups is 1. The molecule has 7 heteroatoms. The maximum Gasteiger partial charge on any atom is 0.258 e. The summed E-state index contributed by atoms with van der Waals surface area (Å²) in [5.74, 6) is 0.825. The minimum atomic E-state index is -0.253. The molecule has 0 unspecified atom stereocenters. The molecule has 7 nitrogen and oxygen atoms in total. The number of aromatic nitrogens is 3. The van der Waals surface area contributed by atoms with E-state index in [2.05, 4.69) is 5.32 Å². The molecule has 2 heterocycles. The number of aryl methyl sites for hydroxylation is 1. The Morgan fingerprint density at radius 1 is 0.944 bits per heavy atom. The van der Waals surface area contributed by atoms with E-state index in [-0.39, 0.29) is 12.5 Å². The summed E-state index contributed by atoms with van der Waals surface area (Å²) in [4.78, 5) is 17.3. The highest BCUT2D eigenvalue weighted by atomic mass is 16.5. The second kappa shape index (κ2) is 10.3. The van der Waals surface area contributed by atoms with Crippen LogP contribution in [0.1, 0.15) is 11.3 Å². The van der Waals surface area contributed by atoms with Gasteiger partial charge in [-0.2, -0.15) is 10.1 Å².